The predicted molar refractivity (Wildman–Crippen MR) is 55.2 cm³/mol. The molecule has 1 atom stereocenters. The lowest BCUT2D eigenvalue weighted by molar-refractivity contribution is -0.122. The average Bonchev–Trinajstić information content (AvgIpc) is 2.03. The highest BCUT2D eigenvalue weighted by Crippen LogP contribution is 2.12. The third-order valence-electron chi connectivity index (χ3n) is 2.36. The van der Waals surface area contributed by atoms with Gasteiger partial charge in [0.15, 0.2) is 0 Å². The second-order valence-corrected chi connectivity index (χ2v) is 3.95. The fourth-order valence-electron chi connectivity index (χ4n) is 1.22. The molecule has 0 aromatic carbocycles. The first-order chi connectivity index (χ1) is 6.00. The van der Waals surface area contributed by atoms with Gasteiger partial charge in [-0.1, -0.05) is 39.0 Å². The van der Waals surface area contributed by atoms with Gasteiger partial charge in [0.2, 0.25) is 5.91 Å². The van der Waals surface area contributed by atoms with E-state index in [1.165, 1.54) is 19.3 Å². The molecule has 0 saturated heterocycles. The second kappa shape index (κ2) is 5.97. The van der Waals surface area contributed by atoms with Crippen molar-refractivity contribution in [3.05, 3.63) is 0 Å². The molecule has 3 heteroatoms. The van der Waals surface area contributed by atoms with Crippen LogP contribution in [0.2, 0.25) is 0 Å². The van der Waals surface area contributed by atoms with Gasteiger partial charge < -0.3 is 11.5 Å². The van der Waals surface area contributed by atoms with Gasteiger partial charge in [-0.2, -0.15) is 0 Å². The van der Waals surface area contributed by atoms with Crippen molar-refractivity contribution in [3.63, 3.8) is 0 Å². The Morgan fingerprint density at radius 2 is 1.77 bits per heavy atom. The molecular weight excluding hydrogens is 164 g/mol. The van der Waals surface area contributed by atoms with Gasteiger partial charge in [-0.05, 0) is 13.3 Å². The molecule has 1 unspecified atom stereocenters. The van der Waals surface area contributed by atoms with Crippen molar-refractivity contribution in [1.82, 2.24) is 0 Å². The zero-order chi connectivity index (χ0) is 10.3. The number of carbonyl (C=O) groups is 1. The van der Waals surface area contributed by atoms with Crippen LogP contribution in [0.3, 0.4) is 0 Å². The molecule has 78 valence electrons. The first-order valence-corrected chi connectivity index (χ1v) is 5.09. The van der Waals surface area contributed by atoms with E-state index in [0.29, 0.717) is 6.42 Å². The van der Waals surface area contributed by atoms with Gasteiger partial charge in [-0.3, -0.25) is 4.79 Å². The molecule has 13 heavy (non-hydrogen) atoms. The average molecular weight is 186 g/mol. The maximum atomic E-state index is 10.8. The molecule has 0 aromatic heterocycles. The molecule has 1 amide bonds. The van der Waals surface area contributed by atoms with Gasteiger partial charge in [0.1, 0.15) is 0 Å². The van der Waals surface area contributed by atoms with Crippen LogP contribution in [0.4, 0.5) is 0 Å². The largest absolute Gasteiger partial charge is 0.368 e. The number of carbonyl (C=O) groups excluding carboxylic acids is 1. The molecule has 3 nitrogen and oxygen atoms in total. The molecule has 0 aliphatic rings. The van der Waals surface area contributed by atoms with Crippen LogP contribution in [0.5, 0.6) is 0 Å². The van der Waals surface area contributed by atoms with Gasteiger partial charge in [-0.25, -0.2) is 0 Å². The van der Waals surface area contributed by atoms with Crippen LogP contribution in [-0.4, -0.2) is 11.4 Å². The number of primary amides is 1. The van der Waals surface area contributed by atoms with E-state index in [4.69, 9.17) is 11.5 Å². The smallest absolute Gasteiger partial charge is 0.237 e. The minimum atomic E-state index is -0.813. The molecule has 0 aliphatic heterocycles. The molecule has 0 fully saturated rings. The Morgan fingerprint density at radius 1 is 1.23 bits per heavy atom. The summed E-state index contributed by atoms with van der Waals surface area (Å²) < 4.78 is 0. The van der Waals surface area contributed by atoms with E-state index in [2.05, 4.69) is 6.92 Å². The summed E-state index contributed by atoms with van der Waals surface area (Å²) in [5.41, 5.74) is 10.0. The van der Waals surface area contributed by atoms with Crippen LogP contribution < -0.4 is 11.5 Å². The number of hydrogen-bond donors (Lipinski definition) is 2. The fourth-order valence-corrected chi connectivity index (χ4v) is 1.22. The van der Waals surface area contributed by atoms with Crippen molar-refractivity contribution in [2.24, 2.45) is 11.5 Å². The molecule has 0 bridgehead atoms. The highest BCUT2D eigenvalue weighted by molar-refractivity contribution is 5.83. The van der Waals surface area contributed by atoms with Gasteiger partial charge in [0, 0.05) is 0 Å². The van der Waals surface area contributed by atoms with Gasteiger partial charge >= 0.3 is 0 Å². The lowest BCUT2D eigenvalue weighted by atomic mass is 9.94. The van der Waals surface area contributed by atoms with Gasteiger partial charge in [-0.15, -0.1) is 0 Å². The van der Waals surface area contributed by atoms with Crippen molar-refractivity contribution in [2.75, 3.05) is 0 Å². The lowest BCUT2D eigenvalue weighted by Gasteiger charge is -2.19. The maximum absolute atomic E-state index is 10.8. The third-order valence-corrected chi connectivity index (χ3v) is 2.36. The summed E-state index contributed by atoms with van der Waals surface area (Å²) in [6.45, 7) is 3.88. The Hall–Kier alpha value is -0.570. The highest BCUT2D eigenvalue weighted by atomic mass is 16.1. The van der Waals surface area contributed by atoms with Crippen LogP contribution in [-0.2, 0) is 4.79 Å². The number of nitrogens with two attached hydrogens (primary N) is 2. The predicted octanol–water partition coefficient (Wildman–Crippen LogP) is 1.55. The molecule has 0 radical (unpaired) electrons. The van der Waals surface area contributed by atoms with E-state index < -0.39 is 11.4 Å². The van der Waals surface area contributed by atoms with Crippen molar-refractivity contribution in [3.8, 4) is 0 Å². The van der Waals surface area contributed by atoms with E-state index in [-0.39, 0.29) is 0 Å². The first-order valence-electron chi connectivity index (χ1n) is 5.09. The molecule has 0 spiro atoms. The van der Waals surface area contributed by atoms with E-state index in [9.17, 15) is 4.79 Å². The van der Waals surface area contributed by atoms with Crippen molar-refractivity contribution < 1.29 is 4.79 Å². The summed E-state index contributed by atoms with van der Waals surface area (Å²) in [4.78, 5) is 10.8. The summed E-state index contributed by atoms with van der Waals surface area (Å²) in [6.07, 6.45) is 6.56. The zero-order valence-electron chi connectivity index (χ0n) is 8.81. The standard InChI is InChI=1S/C10H22N2O/c1-3-4-5-6-7-8-10(2,12)9(11)13/h3-8,12H2,1-2H3,(H2,11,13). The van der Waals surface area contributed by atoms with Crippen LogP contribution in [0.25, 0.3) is 0 Å². The number of rotatable bonds is 7. The topological polar surface area (TPSA) is 69.1 Å². The second-order valence-electron chi connectivity index (χ2n) is 3.95. The third kappa shape index (κ3) is 5.64. The summed E-state index contributed by atoms with van der Waals surface area (Å²) in [5, 5.41) is 0. The monoisotopic (exact) mass is 186 g/mol. The van der Waals surface area contributed by atoms with Gasteiger partial charge in [0.25, 0.3) is 0 Å². The summed E-state index contributed by atoms with van der Waals surface area (Å²) >= 11 is 0. The quantitative estimate of drug-likeness (QED) is 0.592. The molecule has 0 aliphatic carbocycles. The normalized spacial score (nSPS) is 15.3. The zero-order valence-corrected chi connectivity index (χ0v) is 8.81. The molecule has 4 N–H and O–H groups in total. The maximum Gasteiger partial charge on any atom is 0.237 e. The Labute approximate surface area is 80.9 Å². The molecule has 0 heterocycles. The lowest BCUT2D eigenvalue weighted by Crippen LogP contribution is -2.49. The number of hydrogen-bond acceptors (Lipinski definition) is 2. The van der Waals surface area contributed by atoms with Crippen LogP contribution in [0, 0.1) is 0 Å². The Balaban J connectivity index is 3.46. The minimum absolute atomic E-state index is 0.400. The van der Waals surface area contributed by atoms with Gasteiger partial charge in [0.05, 0.1) is 5.54 Å². The van der Waals surface area contributed by atoms with Crippen molar-refractivity contribution in [1.29, 1.82) is 0 Å². The van der Waals surface area contributed by atoms with Crippen LogP contribution in [0.15, 0.2) is 0 Å². The minimum Gasteiger partial charge on any atom is -0.368 e. The van der Waals surface area contributed by atoms with Crippen molar-refractivity contribution in [2.45, 2.75) is 57.9 Å². The summed E-state index contributed by atoms with van der Waals surface area (Å²) in [5.74, 6) is -0.400. The Morgan fingerprint density at radius 3 is 2.23 bits per heavy atom. The number of amides is 1. The van der Waals surface area contributed by atoms with E-state index in [0.717, 1.165) is 12.8 Å². The van der Waals surface area contributed by atoms with Crippen LogP contribution >= 0.6 is 0 Å². The molecule has 0 aromatic rings. The molecule has 0 rings (SSSR count). The van der Waals surface area contributed by atoms with E-state index >= 15 is 0 Å². The molecular formula is C10H22N2O. The van der Waals surface area contributed by atoms with Crippen LogP contribution in [0.1, 0.15) is 52.4 Å². The van der Waals surface area contributed by atoms with E-state index in [1.807, 2.05) is 0 Å². The Kier molecular flexibility index (Phi) is 5.71. The first kappa shape index (κ1) is 12.4. The van der Waals surface area contributed by atoms with Crippen molar-refractivity contribution >= 4 is 5.91 Å². The SMILES string of the molecule is CCCCCCCC(C)(N)C(N)=O. The fraction of sp³-hybridized carbons (Fsp3) is 0.900. The number of unbranched alkanes of at least 4 members (excludes halogenated alkanes) is 4. The highest BCUT2D eigenvalue weighted by Gasteiger charge is 2.24. The summed E-state index contributed by atoms with van der Waals surface area (Å²) in [6, 6.07) is 0. The summed E-state index contributed by atoms with van der Waals surface area (Å²) in [7, 11) is 0. The Bertz CT molecular complexity index is 155. The van der Waals surface area contributed by atoms with E-state index in [1.54, 1.807) is 6.92 Å². The molecule has 0 saturated carbocycles.